The highest BCUT2D eigenvalue weighted by Crippen LogP contribution is 2.20. The summed E-state index contributed by atoms with van der Waals surface area (Å²) in [5, 5.41) is 7.97. The number of aryl methyl sites for hydroxylation is 1. The molecule has 1 N–H and O–H groups in total. The van der Waals surface area contributed by atoms with Gasteiger partial charge in [-0.15, -0.1) is 0 Å². The first-order valence-electron chi connectivity index (χ1n) is 6.78. The van der Waals surface area contributed by atoms with Crippen molar-refractivity contribution in [3.8, 4) is 0 Å². The van der Waals surface area contributed by atoms with Gasteiger partial charge in [0.2, 0.25) is 0 Å². The Morgan fingerprint density at radius 3 is 2.90 bits per heavy atom. The highest BCUT2D eigenvalue weighted by Gasteiger charge is 2.09. The van der Waals surface area contributed by atoms with Crippen molar-refractivity contribution in [2.45, 2.75) is 33.4 Å². The molecule has 0 saturated carbocycles. The van der Waals surface area contributed by atoms with Crippen LogP contribution in [0.4, 0.5) is 4.39 Å². The van der Waals surface area contributed by atoms with Crippen LogP contribution in [0.15, 0.2) is 24.4 Å². The monoisotopic (exact) mass is 295 g/mol. The third-order valence-corrected chi connectivity index (χ3v) is 3.58. The quantitative estimate of drug-likeness (QED) is 0.826. The normalized spacial score (nSPS) is 11.0. The molecule has 1 aromatic carbocycles. The molecular weight excluding hydrogens is 277 g/mol. The van der Waals surface area contributed by atoms with Gasteiger partial charge in [0.05, 0.1) is 17.3 Å². The van der Waals surface area contributed by atoms with Crippen LogP contribution < -0.4 is 5.32 Å². The molecule has 0 spiro atoms. The van der Waals surface area contributed by atoms with Crippen LogP contribution in [-0.2, 0) is 13.1 Å². The average Bonchev–Trinajstić information content (AvgIpc) is 2.76. The summed E-state index contributed by atoms with van der Waals surface area (Å²) >= 11 is 5.96. The van der Waals surface area contributed by atoms with Crippen molar-refractivity contribution in [3.05, 3.63) is 52.1 Å². The highest BCUT2D eigenvalue weighted by atomic mass is 35.5. The topological polar surface area (TPSA) is 29.9 Å². The Hall–Kier alpha value is -1.39. The van der Waals surface area contributed by atoms with E-state index in [4.69, 9.17) is 11.6 Å². The zero-order chi connectivity index (χ0) is 14.5. The van der Waals surface area contributed by atoms with Gasteiger partial charge >= 0.3 is 0 Å². The molecule has 0 amide bonds. The standard InChI is InChI=1S/C15H19ClFN3/c1-3-7-18-8-13-10-20(19-11(13)2)9-12-5-4-6-14(17)15(12)16/h4-6,10,18H,3,7-9H2,1-2H3. The van der Waals surface area contributed by atoms with Crippen LogP contribution in [0.1, 0.15) is 30.2 Å². The molecule has 0 bridgehead atoms. The summed E-state index contributed by atoms with van der Waals surface area (Å²) in [5.74, 6) is -0.391. The SMILES string of the molecule is CCCNCc1cn(Cc2cccc(F)c2Cl)nc1C. The van der Waals surface area contributed by atoms with E-state index in [0.29, 0.717) is 6.54 Å². The van der Waals surface area contributed by atoms with Gasteiger partial charge in [0, 0.05) is 18.3 Å². The van der Waals surface area contributed by atoms with Gasteiger partial charge in [-0.2, -0.15) is 5.10 Å². The van der Waals surface area contributed by atoms with Crippen LogP contribution in [0.5, 0.6) is 0 Å². The molecule has 0 atom stereocenters. The Morgan fingerprint density at radius 1 is 1.35 bits per heavy atom. The number of nitrogens with one attached hydrogen (secondary N) is 1. The summed E-state index contributed by atoms with van der Waals surface area (Å²) in [6.07, 6.45) is 3.09. The minimum absolute atomic E-state index is 0.173. The molecule has 5 heteroatoms. The lowest BCUT2D eigenvalue weighted by atomic mass is 10.2. The lowest BCUT2D eigenvalue weighted by molar-refractivity contribution is 0.619. The van der Waals surface area contributed by atoms with Crippen molar-refractivity contribution in [1.29, 1.82) is 0 Å². The van der Waals surface area contributed by atoms with Gasteiger partial charge < -0.3 is 5.32 Å². The second-order valence-corrected chi connectivity index (χ2v) is 5.21. The van der Waals surface area contributed by atoms with Crippen LogP contribution in [0.25, 0.3) is 0 Å². The Bertz CT molecular complexity index is 580. The summed E-state index contributed by atoms with van der Waals surface area (Å²) in [4.78, 5) is 0. The largest absolute Gasteiger partial charge is 0.313 e. The Labute approximate surface area is 123 Å². The maximum absolute atomic E-state index is 13.4. The van der Waals surface area contributed by atoms with Crippen LogP contribution in [0, 0.1) is 12.7 Å². The smallest absolute Gasteiger partial charge is 0.142 e. The van der Waals surface area contributed by atoms with E-state index in [1.54, 1.807) is 10.7 Å². The molecule has 20 heavy (non-hydrogen) atoms. The molecule has 3 nitrogen and oxygen atoms in total. The van der Waals surface area contributed by atoms with Crippen LogP contribution in [0.3, 0.4) is 0 Å². The number of hydrogen-bond acceptors (Lipinski definition) is 2. The van der Waals surface area contributed by atoms with Gasteiger partial charge in [0.15, 0.2) is 0 Å². The van der Waals surface area contributed by atoms with Crippen LogP contribution in [0.2, 0.25) is 5.02 Å². The van der Waals surface area contributed by atoms with Crippen molar-refractivity contribution in [2.75, 3.05) is 6.54 Å². The average molecular weight is 296 g/mol. The first kappa shape index (κ1) is 15.0. The number of nitrogens with zero attached hydrogens (tertiary/aromatic N) is 2. The maximum atomic E-state index is 13.4. The lowest BCUT2D eigenvalue weighted by Crippen LogP contribution is -2.13. The first-order chi connectivity index (χ1) is 9.61. The van der Waals surface area contributed by atoms with Crippen molar-refractivity contribution < 1.29 is 4.39 Å². The van der Waals surface area contributed by atoms with Gasteiger partial charge in [0.1, 0.15) is 5.82 Å². The predicted octanol–water partition coefficient (Wildman–Crippen LogP) is 3.53. The molecular formula is C15H19ClFN3. The molecule has 2 rings (SSSR count). The highest BCUT2D eigenvalue weighted by molar-refractivity contribution is 6.31. The summed E-state index contributed by atoms with van der Waals surface area (Å²) < 4.78 is 15.2. The van der Waals surface area contributed by atoms with Crippen molar-refractivity contribution in [1.82, 2.24) is 15.1 Å². The molecule has 108 valence electrons. The molecule has 0 unspecified atom stereocenters. The minimum Gasteiger partial charge on any atom is -0.313 e. The molecule has 1 heterocycles. The Morgan fingerprint density at radius 2 is 2.15 bits per heavy atom. The fraction of sp³-hybridized carbons (Fsp3) is 0.400. The number of halogens is 2. The fourth-order valence-corrected chi connectivity index (χ4v) is 2.24. The zero-order valence-corrected chi connectivity index (χ0v) is 12.5. The van der Waals surface area contributed by atoms with E-state index in [2.05, 4.69) is 17.3 Å². The van der Waals surface area contributed by atoms with Gasteiger partial charge in [-0.25, -0.2) is 4.39 Å². The first-order valence-corrected chi connectivity index (χ1v) is 7.16. The molecule has 0 aliphatic carbocycles. The molecule has 0 radical (unpaired) electrons. The molecule has 0 aliphatic heterocycles. The zero-order valence-electron chi connectivity index (χ0n) is 11.8. The third kappa shape index (κ3) is 3.58. The van der Waals surface area contributed by atoms with Crippen molar-refractivity contribution in [3.63, 3.8) is 0 Å². The number of hydrogen-bond donors (Lipinski definition) is 1. The molecule has 0 saturated heterocycles. The van der Waals surface area contributed by atoms with Gasteiger partial charge in [0.25, 0.3) is 0 Å². The van der Waals surface area contributed by atoms with Crippen molar-refractivity contribution >= 4 is 11.6 Å². The van der Waals surface area contributed by atoms with Crippen molar-refractivity contribution in [2.24, 2.45) is 0 Å². The Balaban J connectivity index is 2.10. The third-order valence-electron chi connectivity index (χ3n) is 3.15. The molecule has 0 fully saturated rings. The minimum atomic E-state index is -0.391. The number of aromatic nitrogens is 2. The van der Waals surface area contributed by atoms with Crippen LogP contribution in [-0.4, -0.2) is 16.3 Å². The van der Waals surface area contributed by atoms with E-state index in [0.717, 1.165) is 36.3 Å². The van der Waals surface area contributed by atoms with E-state index in [1.165, 1.54) is 6.07 Å². The van der Waals surface area contributed by atoms with Crippen LogP contribution >= 0.6 is 11.6 Å². The van der Waals surface area contributed by atoms with E-state index in [9.17, 15) is 4.39 Å². The summed E-state index contributed by atoms with van der Waals surface area (Å²) in [6.45, 7) is 6.38. The van der Waals surface area contributed by atoms with Gasteiger partial charge in [-0.05, 0) is 31.5 Å². The maximum Gasteiger partial charge on any atom is 0.142 e. The van der Waals surface area contributed by atoms with E-state index < -0.39 is 5.82 Å². The van der Waals surface area contributed by atoms with E-state index in [-0.39, 0.29) is 5.02 Å². The number of benzene rings is 1. The van der Waals surface area contributed by atoms with Gasteiger partial charge in [-0.3, -0.25) is 4.68 Å². The fourth-order valence-electron chi connectivity index (χ4n) is 2.06. The Kier molecular flexibility index (Phi) is 5.15. The molecule has 0 aliphatic rings. The number of rotatable bonds is 6. The summed E-state index contributed by atoms with van der Waals surface area (Å²) in [6, 6.07) is 4.84. The molecule has 2 aromatic rings. The summed E-state index contributed by atoms with van der Waals surface area (Å²) in [5.41, 5.74) is 2.88. The van der Waals surface area contributed by atoms with E-state index >= 15 is 0 Å². The molecule has 1 aromatic heterocycles. The van der Waals surface area contributed by atoms with Gasteiger partial charge in [-0.1, -0.05) is 30.7 Å². The second kappa shape index (κ2) is 6.86. The summed E-state index contributed by atoms with van der Waals surface area (Å²) in [7, 11) is 0. The predicted molar refractivity (Wildman–Crippen MR) is 79.5 cm³/mol. The second-order valence-electron chi connectivity index (χ2n) is 4.83. The van der Waals surface area contributed by atoms with E-state index in [1.807, 2.05) is 19.2 Å². The lowest BCUT2D eigenvalue weighted by Gasteiger charge is -2.05.